The van der Waals surface area contributed by atoms with Crippen molar-refractivity contribution in [3.05, 3.63) is 0 Å². The molecule has 0 radical (unpaired) electrons. The van der Waals surface area contributed by atoms with Gasteiger partial charge in [-0.15, -0.1) is 0 Å². The van der Waals surface area contributed by atoms with Crippen molar-refractivity contribution in [3.8, 4) is 0 Å². The molecule has 106 valence electrons. The minimum absolute atomic E-state index is 1.40. The van der Waals surface area contributed by atoms with Crippen LogP contribution in [0.5, 0.6) is 0 Å². The van der Waals surface area contributed by atoms with Crippen LogP contribution < -0.4 is 0 Å². The van der Waals surface area contributed by atoms with Crippen molar-refractivity contribution < 1.29 is 0 Å². The molecule has 0 atom stereocenters. The average Bonchev–Trinajstić information content (AvgIpc) is 2.40. The van der Waals surface area contributed by atoms with Crippen LogP contribution in [-0.4, -0.2) is 17.4 Å². The van der Waals surface area contributed by atoms with Crippen molar-refractivity contribution in [1.29, 1.82) is 0 Å². The number of unbranched alkanes of at least 4 members (excludes halogenated alkanes) is 3. The Hall–Kier alpha value is 0.818. The van der Waals surface area contributed by atoms with Crippen LogP contribution in [-0.2, 0) is 0 Å². The predicted octanol–water partition coefficient (Wildman–Crippen LogP) is 6.83. The number of rotatable bonds is 11. The zero-order chi connectivity index (χ0) is 13.2. The van der Waals surface area contributed by atoms with Crippen LogP contribution in [0.2, 0.25) is 21.8 Å². The first-order valence-corrected chi connectivity index (χ1v) is 17.1. The monoisotopic (exact) mass is 350 g/mol. The number of hydrogen-bond donors (Lipinski definition) is 0. The van der Waals surface area contributed by atoms with Crippen molar-refractivity contribution in [2.75, 3.05) is 0 Å². The van der Waals surface area contributed by atoms with Crippen LogP contribution >= 0.6 is 0 Å². The summed E-state index contributed by atoms with van der Waals surface area (Å²) < 4.78 is 8.16. The van der Waals surface area contributed by atoms with Crippen molar-refractivity contribution in [1.82, 2.24) is 0 Å². The molecule has 0 spiro atoms. The first kappa shape index (κ1) is 17.8. The van der Waals surface area contributed by atoms with Crippen molar-refractivity contribution in [3.63, 3.8) is 0 Å². The van der Waals surface area contributed by atoms with E-state index in [2.05, 4.69) is 34.6 Å². The Bertz CT molecular complexity index is 153. The molecular weight excluding hydrogens is 314 g/mol. The minimum atomic E-state index is -2.22. The van der Waals surface area contributed by atoms with Crippen molar-refractivity contribution >= 4 is 17.4 Å². The SMILES string of the molecule is CCC[CH2][Sb]([CH2]C)([CH2]C)([CH2]CCC)[CH2]CCC. The summed E-state index contributed by atoms with van der Waals surface area (Å²) >= 11 is -2.22. The molecule has 0 aliphatic heterocycles. The Morgan fingerprint density at radius 3 is 1.00 bits per heavy atom. The zero-order valence-corrected chi connectivity index (χ0v) is 15.8. The third-order valence-electron chi connectivity index (χ3n) is 5.22. The fourth-order valence-corrected chi connectivity index (χ4v) is 22.3. The van der Waals surface area contributed by atoms with E-state index in [-0.39, 0.29) is 0 Å². The molecule has 0 fully saturated rings. The fourth-order valence-electron chi connectivity index (χ4n) is 3.32. The van der Waals surface area contributed by atoms with E-state index in [1.165, 1.54) is 38.5 Å². The molecule has 0 rings (SSSR count). The molecule has 0 heterocycles. The molecule has 0 aliphatic rings. The Kier molecular flexibility index (Phi) is 9.27. The van der Waals surface area contributed by atoms with E-state index < -0.39 is 17.4 Å². The van der Waals surface area contributed by atoms with Gasteiger partial charge >= 0.3 is 112 Å². The molecule has 17 heavy (non-hydrogen) atoms. The molecule has 0 unspecified atom stereocenters. The van der Waals surface area contributed by atoms with E-state index in [4.69, 9.17) is 0 Å². The molecule has 1 heteroatoms. The second-order valence-corrected chi connectivity index (χ2v) is 26.3. The molecular formula is C16H37Sb. The third kappa shape index (κ3) is 5.13. The summed E-state index contributed by atoms with van der Waals surface area (Å²) in [6, 6.07) is 0. The first-order chi connectivity index (χ1) is 8.12. The zero-order valence-electron chi connectivity index (χ0n) is 13.2. The molecule has 0 nitrogen and oxygen atoms in total. The topological polar surface area (TPSA) is 0 Å². The Morgan fingerprint density at radius 1 is 0.529 bits per heavy atom. The van der Waals surface area contributed by atoms with Crippen LogP contribution in [0.4, 0.5) is 0 Å². The maximum atomic E-state index is 2.53. The van der Waals surface area contributed by atoms with Crippen LogP contribution in [0.1, 0.15) is 73.1 Å². The maximum absolute atomic E-state index is 2.53. The van der Waals surface area contributed by atoms with Gasteiger partial charge in [-0.1, -0.05) is 0 Å². The standard InChI is InChI=1S/3C4H9.2C2H5.Sb/c3*1-3-4-2;2*1-2;/h3*1,3-4H2,2H3;2*1H2,2H3;. The summed E-state index contributed by atoms with van der Waals surface area (Å²) in [5.41, 5.74) is 0. The van der Waals surface area contributed by atoms with E-state index in [0.29, 0.717) is 0 Å². The normalized spacial score (nSPS) is 14.5. The molecule has 0 aliphatic carbocycles. The predicted molar refractivity (Wildman–Crippen MR) is 85.9 cm³/mol. The summed E-state index contributed by atoms with van der Waals surface area (Å²) in [4.78, 5) is 0. The summed E-state index contributed by atoms with van der Waals surface area (Å²) in [5, 5.41) is 0. The molecule has 0 bridgehead atoms. The van der Waals surface area contributed by atoms with E-state index in [0.717, 1.165) is 0 Å². The summed E-state index contributed by atoms with van der Waals surface area (Å²) in [6.45, 7) is 12.2. The molecule has 0 aromatic heterocycles. The first-order valence-electron chi connectivity index (χ1n) is 8.12. The average molecular weight is 351 g/mol. The van der Waals surface area contributed by atoms with E-state index in [9.17, 15) is 0 Å². The Balaban J connectivity index is 4.88. The molecule has 0 saturated carbocycles. The van der Waals surface area contributed by atoms with Gasteiger partial charge in [-0.05, 0) is 0 Å². The van der Waals surface area contributed by atoms with Crippen LogP contribution in [0.3, 0.4) is 0 Å². The van der Waals surface area contributed by atoms with Crippen molar-refractivity contribution in [2.24, 2.45) is 0 Å². The quantitative estimate of drug-likeness (QED) is 0.358. The van der Waals surface area contributed by atoms with Crippen LogP contribution in [0.15, 0.2) is 0 Å². The second kappa shape index (κ2) is 8.84. The fraction of sp³-hybridized carbons (Fsp3) is 1.00. The van der Waals surface area contributed by atoms with E-state index in [1.54, 1.807) is 21.8 Å². The van der Waals surface area contributed by atoms with Crippen LogP contribution in [0.25, 0.3) is 0 Å². The molecule has 0 saturated heterocycles. The van der Waals surface area contributed by atoms with Gasteiger partial charge in [0.1, 0.15) is 0 Å². The molecule has 0 aromatic rings. The van der Waals surface area contributed by atoms with Gasteiger partial charge in [-0.2, -0.15) is 0 Å². The van der Waals surface area contributed by atoms with E-state index >= 15 is 0 Å². The summed E-state index contributed by atoms with van der Waals surface area (Å²) in [7, 11) is 0. The van der Waals surface area contributed by atoms with Crippen LogP contribution in [0, 0.1) is 0 Å². The Labute approximate surface area is 112 Å². The summed E-state index contributed by atoms with van der Waals surface area (Å²) in [6.07, 6.45) is 8.74. The van der Waals surface area contributed by atoms with Gasteiger partial charge in [0.05, 0.1) is 0 Å². The van der Waals surface area contributed by atoms with Gasteiger partial charge in [-0.25, -0.2) is 0 Å². The van der Waals surface area contributed by atoms with E-state index in [1.807, 2.05) is 0 Å². The summed E-state index contributed by atoms with van der Waals surface area (Å²) in [5.74, 6) is 0. The van der Waals surface area contributed by atoms with Gasteiger partial charge in [0.2, 0.25) is 0 Å². The van der Waals surface area contributed by atoms with Gasteiger partial charge in [-0.3, -0.25) is 0 Å². The number of hydrogen-bond acceptors (Lipinski definition) is 0. The van der Waals surface area contributed by atoms with Gasteiger partial charge in [0.15, 0.2) is 0 Å². The molecule has 0 amide bonds. The van der Waals surface area contributed by atoms with Gasteiger partial charge < -0.3 is 0 Å². The second-order valence-electron chi connectivity index (χ2n) is 6.10. The third-order valence-corrected chi connectivity index (χ3v) is 29.0. The van der Waals surface area contributed by atoms with Gasteiger partial charge in [0.25, 0.3) is 0 Å². The van der Waals surface area contributed by atoms with Crippen molar-refractivity contribution in [2.45, 2.75) is 95.0 Å². The Morgan fingerprint density at radius 2 is 0.824 bits per heavy atom. The molecule has 0 N–H and O–H groups in total. The molecule has 0 aromatic carbocycles. The van der Waals surface area contributed by atoms with Gasteiger partial charge in [0, 0.05) is 0 Å².